The Morgan fingerprint density at radius 3 is 2.27 bits per heavy atom. The summed E-state index contributed by atoms with van der Waals surface area (Å²) in [5, 5.41) is 0. The molecule has 0 bridgehead atoms. The first-order valence-corrected chi connectivity index (χ1v) is 10.6. The van der Waals surface area contributed by atoms with Gasteiger partial charge in [0.05, 0.1) is 18.8 Å². The first kappa shape index (κ1) is 23.3. The molecule has 0 spiro atoms. The molecule has 6 nitrogen and oxygen atoms in total. The molecule has 0 unspecified atom stereocenters. The maximum absolute atomic E-state index is 12.5. The van der Waals surface area contributed by atoms with Crippen LogP contribution in [0, 0.1) is 5.92 Å². The molecule has 2 N–H and O–H groups in total. The number of hydrogen-bond acceptors (Lipinski definition) is 4. The molecule has 162 valence electrons. The molecule has 30 heavy (non-hydrogen) atoms. The van der Waals surface area contributed by atoms with Crippen LogP contribution in [0.1, 0.15) is 67.2 Å². The first-order valence-electron chi connectivity index (χ1n) is 10.6. The number of unbranched alkanes of at least 4 members (excludes halogenated alkanes) is 2. The summed E-state index contributed by atoms with van der Waals surface area (Å²) in [6.45, 7) is 7.59. The minimum Gasteiger partial charge on any atom is -0.494 e. The monoisotopic (exact) mass is 412 g/mol. The fourth-order valence-electron chi connectivity index (χ4n) is 2.68. The van der Waals surface area contributed by atoms with Crippen molar-refractivity contribution >= 4 is 11.8 Å². The highest BCUT2D eigenvalue weighted by molar-refractivity contribution is 6.00. The molecule has 2 amide bonds. The van der Waals surface area contributed by atoms with Gasteiger partial charge in [-0.15, -0.1) is 0 Å². The molecule has 0 saturated heterocycles. The molecule has 0 fully saturated rings. The third kappa shape index (κ3) is 7.78. The second kappa shape index (κ2) is 12.5. The molecule has 2 aromatic rings. The zero-order chi connectivity index (χ0) is 21.8. The third-order valence-corrected chi connectivity index (χ3v) is 4.51. The van der Waals surface area contributed by atoms with Crippen LogP contribution in [0.4, 0.5) is 0 Å². The number of carbonyl (C=O) groups is 2. The van der Waals surface area contributed by atoms with Crippen molar-refractivity contribution in [2.45, 2.75) is 46.5 Å². The van der Waals surface area contributed by atoms with Gasteiger partial charge in [0.1, 0.15) is 11.5 Å². The van der Waals surface area contributed by atoms with Gasteiger partial charge in [-0.25, -0.2) is 0 Å². The molecule has 0 aromatic heterocycles. The Bertz CT molecular complexity index is 803. The summed E-state index contributed by atoms with van der Waals surface area (Å²) in [6.07, 6.45) is 4.08. The molecule has 0 atom stereocenters. The van der Waals surface area contributed by atoms with Crippen LogP contribution in [0.15, 0.2) is 48.5 Å². The van der Waals surface area contributed by atoms with E-state index in [1.54, 1.807) is 42.5 Å². The summed E-state index contributed by atoms with van der Waals surface area (Å²) in [6, 6.07) is 13.8. The maximum Gasteiger partial charge on any atom is 0.273 e. The van der Waals surface area contributed by atoms with Crippen LogP contribution < -0.4 is 20.3 Å². The van der Waals surface area contributed by atoms with Crippen molar-refractivity contribution in [3.05, 3.63) is 59.7 Å². The smallest absolute Gasteiger partial charge is 0.273 e. The highest BCUT2D eigenvalue weighted by atomic mass is 16.5. The van der Waals surface area contributed by atoms with Crippen LogP contribution in [0.3, 0.4) is 0 Å². The molecule has 0 aliphatic carbocycles. The summed E-state index contributed by atoms with van der Waals surface area (Å²) in [7, 11) is 0. The van der Waals surface area contributed by atoms with Gasteiger partial charge in [0.15, 0.2) is 0 Å². The molecule has 2 rings (SSSR count). The van der Waals surface area contributed by atoms with Gasteiger partial charge in [0, 0.05) is 5.56 Å². The van der Waals surface area contributed by atoms with Crippen LogP contribution in [0.5, 0.6) is 11.5 Å². The van der Waals surface area contributed by atoms with E-state index in [1.807, 2.05) is 6.07 Å². The SMILES string of the molecule is CCCCCOc1ccccc1C(=O)NNC(=O)c1ccc(OCCC(C)C)cc1. The Labute approximate surface area is 178 Å². The van der Waals surface area contributed by atoms with Gasteiger partial charge >= 0.3 is 0 Å². The van der Waals surface area contributed by atoms with Crippen LogP contribution in [-0.4, -0.2) is 25.0 Å². The van der Waals surface area contributed by atoms with Crippen molar-refractivity contribution in [2.24, 2.45) is 5.92 Å². The Morgan fingerprint density at radius 1 is 0.867 bits per heavy atom. The van der Waals surface area contributed by atoms with E-state index in [-0.39, 0.29) is 0 Å². The van der Waals surface area contributed by atoms with Crippen molar-refractivity contribution in [3.63, 3.8) is 0 Å². The summed E-state index contributed by atoms with van der Waals surface area (Å²) >= 11 is 0. The van der Waals surface area contributed by atoms with Crippen molar-refractivity contribution in [1.29, 1.82) is 0 Å². The predicted molar refractivity (Wildman–Crippen MR) is 118 cm³/mol. The van der Waals surface area contributed by atoms with Gasteiger partial charge in [-0.1, -0.05) is 45.7 Å². The van der Waals surface area contributed by atoms with Gasteiger partial charge < -0.3 is 9.47 Å². The molecular formula is C24H32N2O4. The van der Waals surface area contributed by atoms with E-state index in [0.717, 1.165) is 25.7 Å². The van der Waals surface area contributed by atoms with E-state index in [1.165, 1.54) is 0 Å². The zero-order valence-electron chi connectivity index (χ0n) is 18.1. The molecule has 6 heteroatoms. The number of rotatable bonds is 11. The number of benzene rings is 2. The second-order valence-electron chi connectivity index (χ2n) is 7.52. The molecular weight excluding hydrogens is 380 g/mol. The standard InChI is InChI=1S/C24H32N2O4/c1-4-5-8-16-30-22-10-7-6-9-21(22)24(28)26-25-23(27)19-11-13-20(14-12-19)29-17-15-18(2)3/h6-7,9-14,18H,4-5,8,15-17H2,1-3H3,(H,25,27)(H,26,28). The quantitative estimate of drug-likeness (QED) is 0.412. The molecule has 0 aliphatic rings. The third-order valence-electron chi connectivity index (χ3n) is 4.51. The minimum atomic E-state index is -0.428. The summed E-state index contributed by atoms with van der Waals surface area (Å²) in [5.74, 6) is 0.959. The Balaban J connectivity index is 1.86. The normalized spacial score (nSPS) is 10.5. The predicted octanol–water partition coefficient (Wildman–Crippen LogP) is 4.76. The highest BCUT2D eigenvalue weighted by Crippen LogP contribution is 2.18. The Hall–Kier alpha value is -3.02. The van der Waals surface area contributed by atoms with E-state index in [4.69, 9.17) is 9.47 Å². The lowest BCUT2D eigenvalue weighted by Crippen LogP contribution is -2.41. The lowest BCUT2D eigenvalue weighted by Gasteiger charge is -2.12. The summed E-state index contributed by atoms with van der Waals surface area (Å²) in [5.41, 5.74) is 5.70. The average Bonchev–Trinajstić information content (AvgIpc) is 2.75. The number of hydrogen-bond donors (Lipinski definition) is 2. The Morgan fingerprint density at radius 2 is 1.57 bits per heavy atom. The minimum absolute atomic E-state index is 0.378. The number of hydrazine groups is 1. The largest absolute Gasteiger partial charge is 0.494 e. The lowest BCUT2D eigenvalue weighted by atomic mass is 10.1. The van der Waals surface area contributed by atoms with E-state index in [9.17, 15) is 9.59 Å². The number of carbonyl (C=O) groups excluding carboxylic acids is 2. The number of ether oxygens (including phenoxy) is 2. The van der Waals surface area contributed by atoms with Gasteiger partial charge in [-0.3, -0.25) is 20.4 Å². The van der Waals surface area contributed by atoms with E-state index < -0.39 is 11.8 Å². The number of para-hydroxylation sites is 1. The molecule has 0 radical (unpaired) electrons. The van der Waals surface area contributed by atoms with Crippen LogP contribution in [0.2, 0.25) is 0 Å². The zero-order valence-corrected chi connectivity index (χ0v) is 18.1. The van der Waals surface area contributed by atoms with Crippen molar-refractivity contribution < 1.29 is 19.1 Å². The van der Waals surface area contributed by atoms with Crippen molar-refractivity contribution in [3.8, 4) is 11.5 Å². The fraction of sp³-hybridized carbons (Fsp3) is 0.417. The topological polar surface area (TPSA) is 76.7 Å². The van der Waals surface area contributed by atoms with Crippen LogP contribution in [0.25, 0.3) is 0 Å². The number of amides is 2. The Kier molecular flexibility index (Phi) is 9.71. The van der Waals surface area contributed by atoms with E-state index >= 15 is 0 Å². The van der Waals surface area contributed by atoms with Crippen molar-refractivity contribution in [2.75, 3.05) is 13.2 Å². The van der Waals surface area contributed by atoms with Gasteiger partial charge in [-0.2, -0.15) is 0 Å². The van der Waals surface area contributed by atoms with E-state index in [0.29, 0.717) is 41.8 Å². The second-order valence-corrected chi connectivity index (χ2v) is 7.52. The highest BCUT2D eigenvalue weighted by Gasteiger charge is 2.14. The van der Waals surface area contributed by atoms with E-state index in [2.05, 4.69) is 31.6 Å². The maximum atomic E-state index is 12.5. The lowest BCUT2D eigenvalue weighted by molar-refractivity contribution is 0.0844. The average molecular weight is 413 g/mol. The fourth-order valence-corrected chi connectivity index (χ4v) is 2.68. The first-order chi connectivity index (χ1) is 14.5. The summed E-state index contributed by atoms with van der Waals surface area (Å²) in [4.78, 5) is 24.8. The van der Waals surface area contributed by atoms with Crippen molar-refractivity contribution in [1.82, 2.24) is 10.9 Å². The molecule has 0 heterocycles. The molecule has 0 aliphatic heterocycles. The molecule has 0 saturated carbocycles. The van der Waals surface area contributed by atoms with Crippen LogP contribution >= 0.6 is 0 Å². The summed E-state index contributed by atoms with van der Waals surface area (Å²) < 4.78 is 11.4. The molecule has 2 aromatic carbocycles. The van der Waals surface area contributed by atoms with Gasteiger partial charge in [0.2, 0.25) is 0 Å². The van der Waals surface area contributed by atoms with Crippen LogP contribution in [-0.2, 0) is 0 Å². The van der Waals surface area contributed by atoms with Gasteiger partial charge in [0.25, 0.3) is 11.8 Å². The number of nitrogens with one attached hydrogen (secondary N) is 2. The van der Waals surface area contributed by atoms with Gasteiger partial charge in [-0.05, 0) is 55.2 Å².